The minimum atomic E-state index is -1.05. The number of benzene rings is 2. The highest BCUT2D eigenvalue weighted by Gasteiger charge is 2.06. The van der Waals surface area contributed by atoms with Crippen molar-refractivity contribution in [3.63, 3.8) is 0 Å². The molecule has 2 rings (SSSR count). The van der Waals surface area contributed by atoms with Gasteiger partial charge in [0.1, 0.15) is 5.75 Å². The number of rotatable bonds is 5. The van der Waals surface area contributed by atoms with Crippen LogP contribution in [0, 0.1) is 6.92 Å². The minimum absolute atomic E-state index is 0.398. The molecule has 0 aliphatic heterocycles. The summed E-state index contributed by atoms with van der Waals surface area (Å²) in [7, 11) is 0. The molecule has 0 heterocycles. The average molecular weight is 338 g/mol. The molecule has 0 amide bonds. The summed E-state index contributed by atoms with van der Waals surface area (Å²) in [5.74, 6) is -0.654. The first-order valence-corrected chi connectivity index (χ1v) is 7.15. The van der Waals surface area contributed by atoms with Crippen LogP contribution in [-0.4, -0.2) is 23.9 Å². The Morgan fingerprint density at radius 3 is 2.64 bits per heavy atom. The average Bonchev–Trinajstić information content (AvgIpc) is 2.47. The Labute approximate surface area is 138 Å². The smallest absolute Gasteiger partial charge is 0.341 e. The molecule has 114 valence electrons. The van der Waals surface area contributed by atoms with Gasteiger partial charge in [-0.3, -0.25) is 4.99 Å². The number of hydrogen-bond donors (Lipinski definition) is 1. The van der Waals surface area contributed by atoms with E-state index in [0.29, 0.717) is 21.4 Å². The van der Waals surface area contributed by atoms with Crippen molar-refractivity contribution in [3.05, 3.63) is 57.6 Å². The van der Waals surface area contributed by atoms with Crippen molar-refractivity contribution in [2.45, 2.75) is 6.92 Å². The summed E-state index contributed by atoms with van der Waals surface area (Å²) in [6.45, 7) is 1.49. The molecule has 0 radical (unpaired) electrons. The zero-order valence-corrected chi connectivity index (χ0v) is 13.2. The summed E-state index contributed by atoms with van der Waals surface area (Å²) in [4.78, 5) is 15.0. The Hall–Kier alpha value is -2.04. The molecule has 0 fully saturated rings. The van der Waals surface area contributed by atoms with E-state index in [9.17, 15) is 4.79 Å². The molecule has 0 aliphatic carbocycles. The quantitative estimate of drug-likeness (QED) is 0.816. The number of carbonyl (C=O) groups is 1. The third-order valence-electron chi connectivity index (χ3n) is 2.84. The number of carboxylic acid groups (broad SMARTS) is 1. The number of carboxylic acids is 1. The van der Waals surface area contributed by atoms with E-state index in [1.54, 1.807) is 36.5 Å². The highest BCUT2D eigenvalue weighted by atomic mass is 35.5. The molecule has 0 saturated heterocycles. The predicted molar refractivity (Wildman–Crippen MR) is 88.0 cm³/mol. The van der Waals surface area contributed by atoms with Crippen molar-refractivity contribution in [1.82, 2.24) is 0 Å². The summed E-state index contributed by atoms with van der Waals surface area (Å²) in [5, 5.41) is 9.79. The van der Waals surface area contributed by atoms with E-state index >= 15 is 0 Å². The van der Waals surface area contributed by atoms with Gasteiger partial charge in [0.05, 0.1) is 5.69 Å². The fourth-order valence-electron chi connectivity index (χ4n) is 1.75. The number of nitrogens with zero attached hydrogens (tertiary/aromatic N) is 1. The lowest BCUT2D eigenvalue weighted by molar-refractivity contribution is -0.139. The zero-order valence-electron chi connectivity index (χ0n) is 11.7. The molecule has 6 heteroatoms. The van der Waals surface area contributed by atoms with Crippen LogP contribution in [0.15, 0.2) is 41.4 Å². The van der Waals surface area contributed by atoms with Crippen molar-refractivity contribution < 1.29 is 14.6 Å². The van der Waals surface area contributed by atoms with Crippen LogP contribution >= 0.6 is 23.2 Å². The van der Waals surface area contributed by atoms with Crippen molar-refractivity contribution in [3.8, 4) is 5.75 Å². The number of aliphatic carboxylic acids is 1. The minimum Gasteiger partial charge on any atom is -0.481 e. The Morgan fingerprint density at radius 2 is 1.91 bits per heavy atom. The summed E-state index contributed by atoms with van der Waals surface area (Å²) >= 11 is 11.9. The lowest BCUT2D eigenvalue weighted by Crippen LogP contribution is -2.10. The number of aliphatic imine (C=N–C) groups is 1. The molecule has 0 aromatic heterocycles. The van der Waals surface area contributed by atoms with Gasteiger partial charge in [0, 0.05) is 21.8 Å². The SMILES string of the molecule is Cc1ccc(Cl)cc1N=Cc1cc(Cl)ccc1OCC(=O)O. The number of halogens is 2. The van der Waals surface area contributed by atoms with Gasteiger partial charge in [-0.15, -0.1) is 0 Å². The molecule has 2 aromatic carbocycles. The van der Waals surface area contributed by atoms with Crippen LogP contribution in [0.1, 0.15) is 11.1 Å². The van der Waals surface area contributed by atoms with E-state index < -0.39 is 12.6 Å². The number of hydrogen-bond acceptors (Lipinski definition) is 3. The first-order chi connectivity index (χ1) is 10.5. The van der Waals surface area contributed by atoms with Gasteiger partial charge in [0.15, 0.2) is 6.61 Å². The zero-order chi connectivity index (χ0) is 16.1. The summed E-state index contributed by atoms with van der Waals surface area (Å²) < 4.78 is 5.22. The van der Waals surface area contributed by atoms with Crippen LogP contribution in [0.3, 0.4) is 0 Å². The fraction of sp³-hybridized carbons (Fsp3) is 0.125. The van der Waals surface area contributed by atoms with Gasteiger partial charge in [-0.1, -0.05) is 29.3 Å². The summed E-state index contributed by atoms with van der Waals surface area (Å²) in [5.41, 5.74) is 2.28. The van der Waals surface area contributed by atoms with Gasteiger partial charge < -0.3 is 9.84 Å². The largest absolute Gasteiger partial charge is 0.481 e. The Balaban J connectivity index is 2.31. The van der Waals surface area contributed by atoms with Gasteiger partial charge >= 0.3 is 5.97 Å². The highest BCUT2D eigenvalue weighted by Crippen LogP contribution is 2.25. The van der Waals surface area contributed by atoms with Crippen LogP contribution in [0.25, 0.3) is 0 Å². The molecule has 0 spiro atoms. The van der Waals surface area contributed by atoms with Gasteiger partial charge in [-0.2, -0.15) is 0 Å². The lowest BCUT2D eigenvalue weighted by atomic mass is 10.2. The van der Waals surface area contributed by atoms with E-state index in [2.05, 4.69) is 4.99 Å². The summed E-state index contributed by atoms with van der Waals surface area (Å²) in [6.07, 6.45) is 1.57. The molecule has 0 aliphatic rings. The van der Waals surface area contributed by atoms with Crippen LogP contribution in [0.4, 0.5) is 5.69 Å². The molecule has 0 unspecified atom stereocenters. The second-order valence-corrected chi connectivity index (χ2v) is 5.43. The molecule has 0 atom stereocenters. The maximum absolute atomic E-state index is 10.6. The van der Waals surface area contributed by atoms with Gasteiger partial charge in [0.2, 0.25) is 0 Å². The molecular formula is C16H13Cl2NO3. The third-order valence-corrected chi connectivity index (χ3v) is 3.31. The highest BCUT2D eigenvalue weighted by molar-refractivity contribution is 6.31. The topological polar surface area (TPSA) is 58.9 Å². The third kappa shape index (κ3) is 4.48. The molecular weight excluding hydrogens is 325 g/mol. The Morgan fingerprint density at radius 1 is 1.23 bits per heavy atom. The van der Waals surface area contributed by atoms with Crippen molar-refractivity contribution >= 4 is 41.1 Å². The van der Waals surface area contributed by atoms with Crippen LogP contribution in [-0.2, 0) is 4.79 Å². The summed E-state index contributed by atoms with van der Waals surface area (Å²) in [6, 6.07) is 10.3. The van der Waals surface area contributed by atoms with Gasteiger partial charge in [0.25, 0.3) is 0 Å². The molecule has 0 saturated carbocycles. The predicted octanol–water partition coefficient (Wildman–Crippen LogP) is 4.52. The van der Waals surface area contributed by atoms with Crippen molar-refractivity contribution in [2.75, 3.05) is 6.61 Å². The standard InChI is InChI=1S/C16H13Cl2NO3/c1-10-2-3-13(18)7-14(10)19-8-11-6-12(17)4-5-15(11)22-9-16(20)21/h2-8H,9H2,1H3,(H,20,21). The normalized spacial score (nSPS) is 10.9. The second-order valence-electron chi connectivity index (χ2n) is 4.55. The molecule has 0 bridgehead atoms. The second kappa shape index (κ2) is 7.29. The Bertz CT molecular complexity index is 729. The first-order valence-electron chi connectivity index (χ1n) is 6.40. The lowest BCUT2D eigenvalue weighted by Gasteiger charge is -2.07. The van der Waals surface area contributed by atoms with Crippen molar-refractivity contribution in [1.29, 1.82) is 0 Å². The van der Waals surface area contributed by atoms with E-state index in [0.717, 1.165) is 11.3 Å². The molecule has 2 aromatic rings. The van der Waals surface area contributed by atoms with Crippen LogP contribution in [0.5, 0.6) is 5.75 Å². The van der Waals surface area contributed by atoms with Gasteiger partial charge in [-0.25, -0.2) is 4.79 Å². The fourth-order valence-corrected chi connectivity index (χ4v) is 2.10. The van der Waals surface area contributed by atoms with Crippen LogP contribution < -0.4 is 4.74 Å². The van der Waals surface area contributed by atoms with Crippen molar-refractivity contribution in [2.24, 2.45) is 4.99 Å². The van der Waals surface area contributed by atoms with E-state index in [1.165, 1.54) is 0 Å². The number of ether oxygens (including phenoxy) is 1. The van der Waals surface area contributed by atoms with E-state index in [4.69, 9.17) is 33.0 Å². The van der Waals surface area contributed by atoms with E-state index in [-0.39, 0.29) is 0 Å². The molecule has 4 nitrogen and oxygen atoms in total. The monoisotopic (exact) mass is 337 g/mol. The maximum Gasteiger partial charge on any atom is 0.341 e. The molecule has 22 heavy (non-hydrogen) atoms. The van der Waals surface area contributed by atoms with E-state index in [1.807, 2.05) is 13.0 Å². The first kappa shape index (κ1) is 16.3. The maximum atomic E-state index is 10.6. The number of aryl methyl sites for hydroxylation is 1. The Kier molecular flexibility index (Phi) is 5.41. The molecule has 1 N–H and O–H groups in total. The van der Waals surface area contributed by atoms with Gasteiger partial charge in [-0.05, 0) is 42.8 Å². The van der Waals surface area contributed by atoms with Crippen LogP contribution in [0.2, 0.25) is 10.0 Å².